The molecule has 3 aromatic rings. The van der Waals surface area contributed by atoms with Crippen molar-refractivity contribution < 1.29 is 18.3 Å². The summed E-state index contributed by atoms with van der Waals surface area (Å²) in [5.41, 5.74) is 0.500. The van der Waals surface area contributed by atoms with Gasteiger partial charge in [-0.15, -0.1) is 0 Å². The van der Waals surface area contributed by atoms with E-state index in [1.165, 1.54) is 23.0 Å². The van der Waals surface area contributed by atoms with Crippen LogP contribution in [0.15, 0.2) is 41.6 Å². The maximum absolute atomic E-state index is 12.8. The van der Waals surface area contributed by atoms with Crippen LogP contribution in [0.5, 0.6) is 0 Å². The fourth-order valence-corrected chi connectivity index (χ4v) is 3.12. The van der Waals surface area contributed by atoms with E-state index >= 15 is 0 Å². The van der Waals surface area contributed by atoms with Crippen molar-refractivity contribution in [2.75, 3.05) is 12.4 Å². The number of nitrogens with one attached hydrogen (secondary N) is 1. The molecule has 0 radical (unpaired) electrons. The number of halogens is 3. The Balaban J connectivity index is 0.00000117. The number of hydrogen-bond acceptors (Lipinski definition) is 5. The molecule has 2 heterocycles. The molecule has 2 aromatic heterocycles. The number of anilines is 1. The third-order valence-electron chi connectivity index (χ3n) is 4.91. The lowest BCUT2D eigenvalue weighted by atomic mass is 9.93. The van der Waals surface area contributed by atoms with Crippen LogP contribution < -0.4 is 10.9 Å². The van der Waals surface area contributed by atoms with Gasteiger partial charge in [-0.05, 0) is 37.0 Å². The summed E-state index contributed by atoms with van der Waals surface area (Å²) < 4.78 is 39.8. The monoisotopic (exact) mass is 406 g/mol. The molecule has 0 unspecified atom stereocenters. The molecule has 0 amide bonds. The molecule has 1 aliphatic carbocycles. The second kappa shape index (κ2) is 8.20. The molecule has 0 atom stereocenters. The maximum Gasteiger partial charge on any atom is 0.416 e. The van der Waals surface area contributed by atoms with Crippen LogP contribution in [0.4, 0.5) is 19.0 Å². The van der Waals surface area contributed by atoms with Crippen LogP contribution in [-0.4, -0.2) is 32.8 Å². The Kier molecular flexibility index (Phi) is 5.88. The summed E-state index contributed by atoms with van der Waals surface area (Å²) in [6, 6.07) is 5.06. The van der Waals surface area contributed by atoms with Crippen molar-refractivity contribution >= 4 is 16.7 Å². The Labute approximate surface area is 165 Å². The molecule has 1 saturated carbocycles. The van der Waals surface area contributed by atoms with E-state index in [-0.39, 0.29) is 11.6 Å². The summed E-state index contributed by atoms with van der Waals surface area (Å²) in [7, 11) is 2.60. The highest BCUT2D eigenvalue weighted by Crippen LogP contribution is 2.33. The van der Waals surface area contributed by atoms with Crippen LogP contribution in [0.1, 0.15) is 24.8 Å². The molecule has 29 heavy (non-hydrogen) atoms. The van der Waals surface area contributed by atoms with E-state index in [1.807, 2.05) is 0 Å². The van der Waals surface area contributed by atoms with Gasteiger partial charge in [0.1, 0.15) is 11.2 Å². The van der Waals surface area contributed by atoms with E-state index in [2.05, 4.69) is 15.3 Å². The predicted octanol–water partition coefficient (Wildman–Crippen LogP) is 3.59. The molecule has 4 rings (SSSR count). The number of nitrogens with zero attached hydrogens (tertiary/aromatic N) is 3. The lowest BCUT2D eigenvalue weighted by molar-refractivity contribution is -0.137. The Morgan fingerprint density at radius 1 is 1.14 bits per heavy atom. The minimum absolute atomic E-state index is 0.247. The third kappa shape index (κ3) is 4.09. The summed E-state index contributed by atoms with van der Waals surface area (Å²) in [4.78, 5) is 21.5. The molecular formula is C20H21F3N4O2. The first kappa shape index (κ1) is 20.8. The van der Waals surface area contributed by atoms with Crippen LogP contribution in [0.3, 0.4) is 0 Å². The first-order valence-electron chi connectivity index (χ1n) is 9.08. The van der Waals surface area contributed by atoms with E-state index in [0.717, 1.165) is 38.5 Å². The van der Waals surface area contributed by atoms with Crippen LogP contribution in [0.25, 0.3) is 22.0 Å². The average molecular weight is 406 g/mol. The molecule has 1 fully saturated rings. The van der Waals surface area contributed by atoms with Gasteiger partial charge in [0.25, 0.3) is 5.56 Å². The van der Waals surface area contributed by atoms with Gasteiger partial charge in [0.05, 0.1) is 17.4 Å². The van der Waals surface area contributed by atoms with Crippen LogP contribution in [0.2, 0.25) is 0 Å². The molecular weight excluding hydrogens is 385 g/mol. The molecule has 9 heteroatoms. The van der Waals surface area contributed by atoms with Gasteiger partial charge in [0.2, 0.25) is 0 Å². The number of aromatic nitrogens is 3. The lowest BCUT2D eigenvalue weighted by Crippen LogP contribution is -2.29. The van der Waals surface area contributed by atoms with Crippen molar-refractivity contribution in [2.45, 2.75) is 31.5 Å². The number of benzene rings is 1. The standard InChI is InChI=1S/C19H17F3N4O.CH4O/c1-26-10-24-16-14(11-5-7-12(8-6-11)19(20,21)22)9-23-17(15(16)18(26)27)25-13-3-2-4-13;1-2/h5-10,13H,2-4H2,1H3,(H,23,25);2H,1H3. The summed E-state index contributed by atoms with van der Waals surface area (Å²) in [5.74, 6) is 0.471. The van der Waals surface area contributed by atoms with E-state index in [1.54, 1.807) is 13.2 Å². The van der Waals surface area contributed by atoms with Crippen molar-refractivity contribution in [1.82, 2.24) is 14.5 Å². The number of alkyl halides is 3. The van der Waals surface area contributed by atoms with Gasteiger partial charge in [-0.2, -0.15) is 13.2 Å². The SMILES string of the molecule is CO.Cn1cnc2c(-c3ccc(C(F)(F)F)cc3)cnc(NC3CCC3)c2c1=O. The zero-order valence-corrected chi connectivity index (χ0v) is 16.0. The molecule has 2 N–H and O–H groups in total. The maximum atomic E-state index is 12.8. The molecule has 0 aliphatic heterocycles. The van der Waals surface area contributed by atoms with Gasteiger partial charge in [-0.3, -0.25) is 4.79 Å². The molecule has 0 bridgehead atoms. The lowest BCUT2D eigenvalue weighted by Gasteiger charge is -2.27. The first-order chi connectivity index (χ1) is 13.8. The average Bonchev–Trinajstić information content (AvgIpc) is 2.68. The minimum Gasteiger partial charge on any atom is -0.400 e. The second-order valence-corrected chi connectivity index (χ2v) is 6.75. The number of pyridine rings is 1. The fourth-order valence-electron chi connectivity index (χ4n) is 3.12. The van der Waals surface area contributed by atoms with Gasteiger partial charge in [-0.25, -0.2) is 9.97 Å². The Hall–Kier alpha value is -2.94. The summed E-state index contributed by atoms with van der Waals surface area (Å²) >= 11 is 0. The zero-order chi connectivity index (χ0) is 21.2. The number of rotatable bonds is 3. The van der Waals surface area contributed by atoms with E-state index < -0.39 is 11.7 Å². The smallest absolute Gasteiger partial charge is 0.400 e. The molecule has 6 nitrogen and oxygen atoms in total. The largest absolute Gasteiger partial charge is 0.416 e. The topological polar surface area (TPSA) is 80.0 Å². The van der Waals surface area contributed by atoms with Crippen LogP contribution in [-0.2, 0) is 13.2 Å². The summed E-state index contributed by atoms with van der Waals surface area (Å²) in [6.45, 7) is 0. The van der Waals surface area contributed by atoms with Crippen LogP contribution in [0, 0.1) is 0 Å². The van der Waals surface area contributed by atoms with Crippen molar-refractivity contribution in [3.63, 3.8) is 0 Å². The van der Waals surface area contributed by atoms with Gasteiger partial charge in [0.15, 0.2) is 0 Å². The minimum atomic E-state index is -4.40. The number of fused-ring (bicyclic) bond motifs is 1. The zero-order valence-electron chi connectivity index (χ0n) is 16.0. The van der Waals surface area contributed by atoms with E-state index in [9.17, 15) is 18.0 Å². The number of hydrogen-bond donors (Lipinski definition) is 2. The number of aliphatic hydroxyl groups is 1. The molecule has 0 spiro atoms. The normalized spacial score (nSPS) is 14.1. The molecule has 0 saturated heterocycles. The Bertz CT molecular complexity index is 1060. The van der Waals surface area contributed by atoms with Crippen LogP contribution >= 0.6 is 0 Å². The molecule has 154 valence electrons. The Morgan fingerprint density at radius 2 is 1.79 bits per heavy atom. The predicted molar refractivity (Wildman–Crippen MR) is 105 cm³/mol. The second-order valence-electron chi connectivity index (χ2n) is 6.75. The first-order valence-corrected chi connectivity index (χ1v) is 9.08. The highest BCUT2D eigenvalue weighted by molar-refractivity contribution is 5.98. The summed E-state index contributed by atoms with van der Waals surface area (Å²) in [6.07, 6.45) is 1.73. The van der Waals surface area contributed by atoms with Crippen molar-refractivity contribution in [1.29, 1.82) is 0 Å². The fraction of sp³-hybridized carbons (Fsp3) is 0.350. The number of aryl methyl sites for hydroxylation is 1. The van der Waals surface area contributed by atoms with E-state index in [4.69, 9.17) is 5.11 Å². The van der Waals surface area contributed by atoms with Gasteiger partial charge in [-0.1, -0.05) is 12.1 Å². The highest BCUT2D eigenvalue weighted by Gasteiger charge is 2.30. The third-order valence-corrected chi connectivity index (χ3v) is 4.91. The van der Waals surface area contributed by atoms with Gasteiger partial charge in [0, 0.05) is 32.0 Å². The van der Waals surface area contributed by atoms with Gasteiger partial charge < -0.3 is 15.0 Å². The van der Waals surface area contributed by atoms with Crippen molar-refractivity contribution in [3.05, 3.63) is 52.7 Å². The summed E-state index contributed by atoms with van der Waals surface area (Å²) in [5, 5.41) is 10.6. The van der Waals surface area contributed by atoms with Crippen molar-refractivity contribution in [2.24, 2.45) is 7.05 Å². The van der Waals surface area contributed by atoms with E-state index in [0.29, 0.717) is 27.8 Å². The van der Waals surface area contributed by atoms with Crippen molar-refractivity contribution in [3.8, 4) is 11.1 Å². The quantitative estimate of drug-likeness (QED) is 0.695. The Morgan fingerprint density at radius 3 is 2.34 bits per heavy atom. The highest BCUT2D eigenvalue weighted by atomic mass is 19.4. The number of aliphatic hydroxyl groups excluding tert-OH is 1. The van der Waals surface area contributed by atoms with Gasteiger partial charge >= 0.3 is 6.18 Å². The molecule has 1 aromatic carbocycles. The molecule has 1 aliphatic rings.